The SMILES string of the molecule is Cn1c(C(=O)NCc2ccc(F)c(F)c2)cc2ccccc21. The molecule has 0 spiro atoms. The standard InChI is InChI=1S/C17H14F2N2O/c1-21-15-5-3-2-4-12(15)9-16(21)17(22)20-10-11-6-7-13(18)14(19)8-11/h2-9H,10H2,1H3,(H,20,22). The first-order valence-electron chi connectivity index (χ1n) is 6.83. The average Bonchev–Trinajstić information content (AvgIpc) is 2.86. The van der Waals surface area contributed by atoms with E-state index in [-0.39, 0.29) is 12.5 Å². The Morgan fingerprint density at radius 3 is 2.59 bits per heavy atom. The van der Waals surface area contributed by atoms with E-state index in [1.165, 1.54) is 6.07 Å². The van der Waals surface area contributed by atoms with E-state index in [4.69, 9.17) is 0 Å². The van der Waals surface area contributed by atoms with Crippen molar-refractivity contribution < 1.29 is 13.6 Å². The van der Waals surface area contributed by atoms with Crippen LogP contribution >= 0.6 is 0 Å². The van der Waals surface area contributed by atoms with Gasteiger partial charge in [-0.15, -0.1) is 0 Å². The molecule has 5 heteroatoms. The summed E-state index contributed by atoms with van der Waals surface area (Å²) in [6.45, 7) is 0.136. The van der Waals surface area contributed by atoms with Crippen LogP contribution in [0.25, 0.3) is 10.9 Å². The molecule has 1 N–H and O–H groups in total. The van der Waals surface area contributed by atoms with Gasteiger partial charge in [-0.05, 0) is 29.8 Å². The molecule has 1 aromatic heterocycles. The number of amides is 1. The quantitative estimate of drug-likeness (QED) is 0.790. The molecule has 0 saturated heterocycles. The number of para-hydroxylation sites is 1. The zero-order chi connectivity index (χ0) is 15.7. The van der Waals surface area contributed by atoms with Gasteiger partial charge >= 0.3 is 0 Å². The molecule has 3 aromatic rings. The number of benzene rings is 2. The number of fused-ring (bicyclic) bond motifs is 1. The molecule has 22 heavy (non-hydrogen) atoms. The molecule has 0 aliphatic rings. The van der Waals surface area contributed by atoms with Gasteiger partial charge in [0.25, 0.3) is 5.91 Å². The van der Waals surface area contributed by atoms with Crippen LogP contribution in [0.3, 0.4) is 0 Å². The molecule has 112 valence electrons. The summed E-state index contributed by atoms with van der Waals surface area (Å²) in [5.74, 6) is -2.08. The van der Waals surface area contributed by atoms with E-state index >= 15 is 0 Å². The number of hydrogen-bond acceptors (Lipinski definition) is 1. The van der Waals surface area contributed by atoms with Crippen molar-refractivity contribution in [3.63, 3.8) is 0 Å². The van der Waals surface area contributed by atoms with E-state index in [2.05, 4.69) is 5.32 Å². The van der Waals surface area contributed by atoms with Crippen molar-refractivity contribution in [3.8, 4) is 0 Å². The van der Waals surface area contributed by atoms with Crippen LogP contribution < -0.4 is 5.32 Å². The first kappa shape index (κ1) is 14.3. The van der Waals surface area contributed by atoms with Crippen molar-refractivity contribution in [2.45, 2.75) is 6.54 Å². The fraction of sp³-hybridized carbons (Fsp3) is 0.118. The number of halogens is 2. The minimum atomic E-state index is -0.920. The number of carbonyl (C=O) groups is 1. The second kappa shape index (κ2) is 5.60. The van der Waals surface area contributed by atoms with Crippen LogP contribution in [-0.2, 0) is 13.6 Å². The Morgan fingerprint density at radius 1 is 1.09 bits per heavy atom. The van der Waals surface area contributed by atoms with Crippen LogP contribution in [0.1, 0.15) is 16.1 Å². The van der Waals surface area contributed by atoms with Crippen molar-refractivity contribution in [1.82, 2.24) is 9.88 Å². The monoisotopic (exact) mass is 300 g/mol. The van der Waals surface area contributed by atoms with E-state index in [0.29, 0.717) is 11.3 Å². The zero-order valence-corrected chi connectivity index (χ0v) is 11.9. The molecule has 2 aromatic carbocycles. The third kappa shape index (κ3) is 2.57. The summed E-state index contributed by atoms with van der Waals surface area (Å²) in [4.78, 5) is 12.3. The van der Waals surface area contributed by atoms with Gasteiger partial charge in [-0.2, -0.15) is 0 Å². The smallest absolute Gasteiger partial charge is 0.268 e. The van der Waals surface area contributed by atoms with Crippen LogP contribution in [-0.4, -0.2) is 10.5 Å². The number of carbonyl (C=O) groups excluding carboxylic acids is 1. The molecule has 0 atom stereocenters. The summed E-state index contributed by atoms with van der Waals surface area (Å²) >= 11 is 0. The molecule has 1 heterocycles. The first-order valence-corrected chi connectivity index (χ1v) is 6.83. The maximum Gasteiger partial charge on any atom is 0.268 e. The minimum Gasteiger partial charge on any atom is -0.347 e. The fourth-order valence-electron chi connectivity index (χ4n) is 2.43. The van der Waals surface area contributed by atoms with Gasteiger partial charge in [0, 0.05) is 24.5 Å². The molecule has 0 saturated carbocycles. The van der Waals surface area contributed by atoms with E-state index in [0.717, 1.165) is 23.0 Å². The van der Waals surface area contributed by atoms with Gasteiger partial charge in [0.1, 0.15) is 5.69 Å². The Labute approximate surface area is 126 Å². The number of rotatable bonds is 3. The summed E-state index contributed by atoms with van der Waals surface area (Å²) in [7, 11) is 1.81. The van der Waals surface area contributed by atoms with Crippen molar-refractivity contribution >= 4 is 16.8 Å². The van der Waals surface area contributed by atoms with Crippen LogP contribution in [0.15, 0.2) is 48.5 Å². The highest BCUT2D eigenvalue weighted by molar-refractivity contribution is 5.98. The lowest BCUT2D eigenvalue weighted by atomic mass is 10.2. The Balaban J connectivity index is 1.78. The van der Waals surface area contributed by atoms with Gasteiger partial charge in [-0.3, -0.25) is 4.79 Å². The highest BCUT2D eigenvalue weighted by Gasteiger charge is 2.13. The van der Waals surface area contributed by atoms with E-state index in [9.17, 15) is 13.6 Å². The molecule has 3 nitrogen and oxygen atoms in total. The molecule has 0 radical (unpaired) electrons. The normalized spacial score (nSPS) is 10.9. The van der Waals surface area contributed by atoms with Gasteiger partial charge in [0.15, 0.2) is 11.6 Å². The summed E-state index contributed by atoms with van der Waals surface area (Å²) in [6, 6.07) is 13.1. The summed E-state index contributed by atoms with van der Waals surface area (Å²) in [5, 5.41) is 3.69. The maximum atomic E-state index is 13.1. The lowest BCUT2D eigenvalue weighted by Gasteiger charge is -2.07. The second-order valence-corrected chi connectivity index (χ2v) is 5.08. The lowest BCUT2D eigenvalue weighted by Crippen LogP contribution is -2.24. The molecule has 0 aliphatic heterocycles. The molecule has 0 aliphatic carbocycles. The van der Waals surface area contributed by atoms with Crippen molar-refractivity contribution in [2.75, 3.05) is 0 Å². The van der Waals surface area contributed by atoms with Gasteiger partial charge in [0.05, 0.1) is 0 Å². The molecular weight excluding hydrogens is 286 g/mol. The van der Waals surface area contributed by atoms with Gasteiger partial charge in [-0.25, -0.2) is 8.78 Å². The topological polar surface area (TPSA) is 34.0 Å². The Bertz CT molecular complexity index is 855. The lowest BCUT2D eigenvalue weighted by molar-refractivity contribution is 0.0943. The third-order valence-corrected chi connectivity index (χ3v) is 3.62. The number of nitrogens with one attached hydrogen (secondary N) is 1. The van der Waals surface area contributed by atoms with Crippen LogP contribution in [0.4, 0.5) is 8.78 Å². The van der Waals surface area contributed by atoms with Crippen molar-refractivity contribution in [2.24, 2.45) is 7.05 Å². The highest BCUT2D eigenvalue weighted by atomic mass is 19.2. The number of aryl methyl sites for hydroxylation is 1. The van der Waals surface area contributed by atoms with E-state index < -0.39 is 11.6 Å². The summed E-state index contributed by atoms with van der Waals surface area (Å²) < 4.78 is 27.8. The maximum absolute atomic E-state index is 13.1. The Morgan fingerprint density at radius 2 is 1.86 bits per heavy atom. The zero-order valence-electron chi connectivity index (χ0n) is 11.9. The predicted molar refractivity (Wildman–Crippen MR) is 80.4 cm³/mol. The Kier molecular flexibility index (Phi) is 3.63. The van der Waals surface area contributed by atoms with Crippen molar-refractivity contribution in [3.05, 3.63) is 71.4 Å². The van der Waals surface area contributed by atoms with Gasteiger partial charge in [-0.1, -0.05) is 24.3 Å². The number of hydrogen-bond donors (Lipinski definition) is 1. The summed E-state index contributed by atoms with van der Waals surface area (Å²) in [5.41, 5.74) is 1.98. The molecule has 0 fully saturated rings. The van der Waals surface area contributed by atoms with Crippen LogP contribution in [0.2, 0.25) is 0 Å². The molecule has 1 amide bonds. The summed E-state index contributed by atoms with van der Waals surface area (Å²) in [6.07, 6.45) is 0. The first-order chi connectivity index (χ1) is 10.6. The molecule has 3 rings (SSSR count). The second-order valence-electron chi connectivity index (χ2n) is 5.08. The largest absolute Gasteiger partial charge is 0.347 e. The fourth-order valence-corrected chi connectivity index (χ4v) is 2.43. The van der Waals surface area contributed by atoms with E-state index in [1.54, 1.807) is 10.6 Å². The van der Waals surface area contributed by atoms with Crippen LogP contribution in [0.5, 0.6) is 0 Å². The van der Waals surface area contributed by atoms with E-state index in [1.807, 2.05) is 31.3 Å². The number of aromatic nitrogens is 1. The van der Waals surface area contributed by atoms with Crippen molar-refractivity contribution in [1.29, 1.82) is 0 Å². The minimum absolute atomic E-state index is 0.136. The molecule has 0 bridgehead atoms. The van der Waals surface area contributed by atoms with Crippen LogP contribution in [0, 0.1) is 11.6 Å². The molecule has 0 unspecified atom stereocenters. The third-order valence-electron chi connectivity index (χ3n) is 3.62. The highest BCUT2D eigenvalue weighted by Crippen LogP contribution is 2.18. The average molecular weight is 300 g/mol. The van der Waals surface area contributed by atoms with Gasteiger partial charge in [0.2, 0.25) is 0 Å². The molecular formula is C17H14F2N2O. The predicted octanol–water partition coefficient (Wildman–Crippen LogP) is 3.39. The van der Waals surface area contributed by atoms with Gasteiger partial charge < -0.3 is 9.88 Å². The number of nitrogens with zero attached hydrogens (tertiary/aromatic N) is 1. The Hall–Kier alpha value is -2.69.